The predicted molar refractivity (Wildman–Crippen MR) is 269 cm³/mol. The van der Waals surface area contributed by atoms with Crippen molar-refractivity contribution in [3.05, 3.63) is 137 Å². The van der Waals surface area contributed by atoms with Crippen LogP contribution in [0.5, 0.6) is 0 Å². The Kier molecular flexibility index (Phi) is 6.33. The number of nitrogens with zero attached hydrogens (tertiary/aromatic N) is 2. The minimum absolute atomic E-state index is 0.0616. The Bertz CT molecular complexity index is 3300. The van der Waals surface area contributed by atoms with E-state index < -0.39 is 0 Å². The zero-order chi connectivity index (χ0) is 42.7. The second-order valence-corrected chi connectivity index (χ2v) is 25.3. The normalized spacial score (nSPS) is 32.2. The molecule has 4 heterocycles. The fourth-order valence-electron chi connectivity index (χ4n) is 19.5. The summed E-state index contributed by atoms with van der Waals surface area (Å²) < 4.78 is 2.88. The number of aromatic nitrogens is 1. The number of para-hydroxylation sites is 2. The number of benzene rings is 6. The largest absolute Gasteiger partial charge is 0.376 e. The van der Waals surface area contributed by atoms with E-state index in [9.17, 15) is 0 Å². The highest BCUT2D eigenvalue weighted by Crippen LogP contribution is 2.64. The highest BCUT2D eigenvalue weighted by atomic mass is 15.1. The molecule has 0 radical (unpaired) electrons. The highest BCUT2D eigenvalue weighted by molar-refractivity contribution is 6.94. The monoisotopic (exact) mass is 842 g/mol. The fraction of sp³-hybridized carbons (Fsp3) is 0.419. The molecular weight excluding hydrogens is 784 g/mol. The molecule has 0 saturated heterocycles. The third kappa shape index (κ3) is 4.18. The second-order valence-electron chi connectivity index (χ2n) is 25.3. The predicted octanol–water partition coefficient (Wildman–Crippen LogP) is 13.9. The van der Waals surface area contributed by atoms with Crippen LogP contribution in [-0.2, 0) is 21.7 Å². The van der Waals surface area contributed by atoms with Crippen molar-refractivity contribution in [3.63, 3.8) is 0 Å². The van der Waals surface area contributed by atoms with Gasteiger partial charge in [-0.1, -0.05) is 100 Å². The van der Waals surface area contributed by atoms with Gasteiger partial charge in [0.25, 0.3) is 0 Å². The van der Waals surface area contributed by atoms with E-state index >= 15 is 0 Å². The summed E-state index contributed by atoms with van der Waals surface area (Å²) in [4.78, 5) is 2.89. The Morgan fingerprint density at radius 2 is 1.06 bits per heavy atom. The zero-order valence-corrected chi connectivity index (χ0v) is 38.7. The van der Waals surface area contributed by atoms with Gasteiger partial charge in [0, 0.05) is 44.2 Å². The van der Waals surface area contributed by atoms with E-state index in [2.05, 4.69) is 140 Å². The van der Waals surface area contributed by atoms with Gasteiger partial charge in [0.05, 0.1) is 11.0 Å². The Hall–Kier alpha value is -5.02. The molecule has 19 rings (SSSR count). The average molecular weight is 843 g/mol. The molecule has 7 aromatic rings. The van der Waals surface area contributed by atoms with Gasteiger partial charge in [0.2, 0.25) is 0 Å². The Labute approximate surface area is 384 Å². The van der Waals surface area contributed by atoms with Crippen molar-refractivity contribution in [3.8, 4) is 27.9 Å². The maximum absolute atomic E-state index is 2.89. The lowest BCUT2D eigenvalue weighted by atomic mass is 9.41. The molecule has 0 atom stereocenters. The van der Waals surface area contributed by atoms with Crippen molar-refractivity contribution in [2.24, 2.45) is 35.5 Å². The Morgan fingerprint density at radius 3 is 1.75 bits per heavy atom. The SMILES string of the molecule is CC1(C)c2ccccc2N2B3c4c(cc5c(c4-n4c6ccc(C78CC9CC(CC(C9)C7)C8)cc6c6cc(C78CC9CC(CC(C9)C7)C8)cc3c64)C(C)(C)c3ccccc3-5)-c3cccc1c32. The van der Waals surface area contributed by atoms with Gasteiger partial charge in [-0.05, 0) is 215 Å². The van der Waals surface area contributed by atoms with Crippen molar-refractivity contribution in [2.75, 3.05) is 4.81 Å². The maximum Gasteiger partial charge on any atom is 0.333 e. The molecule has 9 aliphatic carbocycles. The minimum atomic E-state index is -0.163. The molecule has 0 spiro atoms. The quantitative estimate of drug-likeness (QED) is 0.157. The first kappa shape index (κ1) is 36.1. The van der Waals surface area contributed by atoms with Gasteiger partial charge in [-0.15, -0.1) is 0 Å². The van der Waals surface area contributed by atoms with Crippen LogP contribution in [0.1, 0.15) is 138 Å². The Balaban J connectivity index is 1.04. The van der Waals surface area contributed by atoms with Crippen LogP contribution in [0.3, 0.4) is 0 Å². The zero-order valence-electron chi connectivity index (χ0n) is 38.7. The molecule has 8 fully saturated rings. The number of rotatable bonds is 2. The molecule has 0 unspecified atom stereocenters. The topological polar surface area (TPSA) is 8.17 Å². The number of fused-ring (bicyclic) bond motifs is 13. The lowest BCUT2D eigenvalue weighted by Crippen LogP contribution is -2.62. The molecule has 2 nitrogen and oxygen atoms in total. The van der Waals surface area contributed by atoms with Gasteiger partial charge in [-0.2, -0.15) is 0 Å². The van der Waals surface area contributed by atoms with Crippen LogP contribution in [0.4, 0.5) is 11.4 Å². The summed E-state index contributed by atoms with van der Waals surface area (Å²) in [5, 5.41) is 3.07. The van der Waals surface area contributed by atoms with Crippen molar-refractivity contribution in [2.45, 2.75) is 126 Å². The van der Waals surface area contributed by atoms with E-state index in [0.717, 1.165) is 35.5 Å². The third-order valence-electron chi connectivity index (χ3n) is 21.2. The van der Waals surface area contributed by atoms with Gasteiger partial charge in [0.1, 0.15) is 0 Å². The molecule has 0 amide bonds. The van der Waals surface area contributed by atoms with Crippen LogP contribution in [-0.4, -0.2) is 11.4 Å². The van der Waals surface area contributed by atoms with Gasteiger partial charge >= 0.3 is 6.85 Å². The van der Waals surface area contributed by atoms with Crippen LogP contribution < -0.4 is 15.7 Å². The minimum Gasteiger partial charge on any atom is -0.376 e. The van der Waals surface area contributed by atoms with E-state index in [4.69, 9.17) is 0 Å². The van der Waals surface area contributed by atoms with Gasteiger partial charge in [0.15, 0.2) is 0 Å². The standard InChI is InChI=1S/C62H59BN2/c1-59(2)49-13-7-8-15-53(49)65-56-43(11-9-14-50(56)59)46-27-45-42-10-5-6-12-48(42)60(3,4)54(45)58-55(46)63(65)51-26-41(62-31-37-21-38(32-62)23-39(22-37)33-62)25-47-44-24-40(16-17-52(44)64(58)57(47)51)61-28-34-18-35(29-61)20-36(19-34)30-61/h5-17,24-27,34-39H,18-23,28-33H2,1-4H3. The molecule has 3 heteroatoms. The maximum atomic E-state index is 2.89. The molecule has 1 aromatic heterocycles. The van der Waals surface area contributed by atoms with Crippen molar-refractivity contribution < 1.29 is 0 Å². The molecule has 8 saturated carbocycles. The summed E-state index contributed by atoms with van der Waals surface area (Å²) in [6.07, 6.45) is 17.3. The number of anilines is 2. The summed E-state index contributed by atoms with van der Waals surface area (Å²) in [6.45, 7) is 10.1. The second kappa shape index (κ2) is 11.4. The highest BCUT2D eigenvalue weighted by Gasteiger charge is 2.56. The van der Waals surface area contributed by atoms with Crippen molar-refractivity contribution in [1.82, 2.24) is 4.57 Å². The van der Waals surface area contributed by atoms with Crippen LogP contribution in [0, 0.1) is 35.5 Å². The average Bonchev–Trinajstić information content (AvgIpc) is 3.74. The van der Waals surface area contributed by atoms with Gasteiger partial charge < -0.3 is 9.38 Å². The summed E-state index contributed by atoms with van der Waals surface area (Å²) >= 11 is 0. The van der Waals surface area contributed by atoms with E-state index in [1.54, 1.807) is 16.6 Å². The molecule has 3 aliphatic heterocycles. The number of hydrogen-bond donors (Lipinski definition) is 0. The van der Waals surface area contributed by atoms with Crippen LogP contribution in [0.15, 0.2) is 103 Å². The first-order valence-electron chi connectivity index (χ1n) is 26.0. The first-order valence-corrected chi connectivity index (χ1v) is 26.0. The molecule has 0 N–H and O–H groups in total. The lowest BCUT2D eigenvalue weighted by molar-refractivity contribution is -0.00526. The molecule has 320 valence electrons. The van der Waals surface area contributed by atoms with Crippen LogP contribution in [0.25, 0.3) is 49.7 Å². The van der Waals surface area contributed by atoms with Crippen LogP contribution >= 0.6 is 0 Å². The number of hydrogen-bond acceptors (Lipinski definition) is 1. The van der Waals surface area contributed by atoms with Crippen molar-refractivity contribution in [1.29, 1.82) is 0 Å². The van der Waals surface area contributed by atoms with Gasteiger partial charge in [-0.3, -0.25) is 0 Å². The van der Waals surface area contributed by atoms with Crippen molar-refractivity contribution >= 4 is 51.0 Å². The third-order valence-corrected chi connectivity index (χ3v) is 21.2. The Morgan fingerprint density at radius 1 is 0.477 bits per heavy atom. The van der Waals surface area contributed by atoms with Gasteiger partial charge in [-0.25, -0.2) is 0 Å². The molecule has 6 aromatic carbocycles. The summed E-state index contributed by atoms with van der Waals surface area (Å²) in [7, 11) is 0. The lowest BCUT2D eigenvalue weighted by Gasteiger charge is -2.57. The fourth-order valence-corrected chi connectivity index (χ4v) is 19.5. The van der Waals surface area contributed by atoms with E-state index in [-0.39, 0.29) is 23.1 Å². The smallest absolute Gasteiger partial charge is 0.333 e. The summed E-state index contributed by atoms with van der Waals surface area (Å²) in [5.74, 6) is 5.48. The van der Waals surface area contributed by atoms with E-state index in [0.29, 0.717) is 5.41 Å². The molecule has 65 heavy (non-hydrogen) atoms. The molecule has 8 bridgehead atoms. The van der Waals surface area contributed by atoms with Crippen LogP contribution in [0.2, 0.25) is 0 Å². The summed E-state index contributed by atoms with van der Waals surface area (Å²) in [5.41, 5.74) is 25.6. The van der Waals surface area contributed by atoms with E-state index in [1.807, 2.05) is 0 Å². The first-order chi connectivity index (χ1) is 31.6. The molecule has 12 aliphatic rings. The van der Waals surface area contributed by atoms with E-state index in [1.165, 1.54) is 166 Å². The summed E-state index contributed by atoms with van der Waals surface area (Å²) in [6, 6.07) is 42.7. The molecular formula is C62H59BN2.